The van der Waals surface area contributed by atoms with Crippen molar-refractivity contribution < 1.29 is 14.2 Å². The van der Waals surface area contributed by atoms with E-state index in [1.807, 2.05) is 0 Å². The number of hydrogen-bond acceptors (Lipinski definition) is 3. The third-order valence-corrected chi connectivity index (χ3v) is 11.2. The molecule has 306 valence electrons. The van der Waals surface area contributed by atoms with Crippen molar-refractivity contribution in [3.05, 3.63) is 16.6 Å². The zero-order chi connectivity index (χ0) is 37.4. The van der Waals surface area contributed by atoms with Crippen molar-refractivity contribution in [3.8, 4) is 17.2 Å². The molecule has 0 aliphatic carbocycles. The molecule has 0 saturated carbocycles. The van der Waals surface area contributed by atoms with Gasteiger partial charge in [0.25, 0.3) is 0 Å². The standard InChI is InChI=1S/C48H89BrO3/c1-4-7-10-13-16-19-22-25-28-31-34-37-40-50-46-43-45(49)44-47(51-41-38-35-32-29-26-23-20-17-14-11-8-5-2)48(46)52-42-39-36-33-30-27-24-21-18-15-12-9-6-3/h43-44H,4-42H2,1-3H3. The maximum absolute atomic E-state index is 6.47. The van der Waals surface area contributed by atoms with Gasteiger partial charge in [-0.1, -0.05) is 249 Å². The van der Waals surface area contributed by atoms with Crippen LogP contribution in [-0.2, 0) is 0 Å². The Morgan fingerprint density at radius 2 is 0.519 bits per heavy atom. The average molecular weight is 794 g/mol. The van der Waals surface area contributed by atoms with E-state index in [4.69, 9.17) is 14.2 Å². The zero-order valence-electron chi connectivity index (χ0n) is 35.3. The lowest BCUT2D eigenvalue weighted by molar-refractivity contribution is 0.234. The fourth-order valence-electron chi connectivity index (χ4n) is 7.27. The van der Waals surface area contributed by atoms with Crippen LogP contribution in [0.25, 0.3) is 0 Å². The van der Waals surface area contributed by atoms with Gasteiger partial charge in [0.2, 0.25) is 5.75 Å². The third kappa shape index (κ3) is 31.5. The van der Waals surface area contributed by atoms with Gasteiger partial charge in [0, 0.05) is 4.47 Å². The minimum Gasteiger partial charge on any atom is -0.490 e. The lowest BCUT2D eigenvalue weighted by atomic mass is 10.1. The van der Waals surface area contributed by atoms with Crippen LogP contribution in [0, 0.1) is 0 Å². The van der Waals surface area contributed by atoms with Crippen LogP contribution < -0.4 is 14.2 Å². The quantitative estimate of drug-likeness (QED) is 0.0617. The molecule has 3 nitrogen and oxygen atoms in total. The molecule has 4 heteroatoms. The highest BCUT2D eigenvalue weighted by Gasteiger charge is 2.15. The molecule has 0 heterocycles. The van der Waals surface area contributed by atoms with Gasteiger partial charge in [0.05, 0.1) is 19.8 Å². The number of benzene rings is 1. The summed E-state index contributed by atoms with van der Waals surface area (Å²) in [6, 6.07) is 4.16. The summed E-state index contributed by atoms with van der Waals surface area (Å²) in [5.74, 6) is 2.48. The molecule has 0 aliphatic heterocycles. The Hall–Kier alpha value is -0.900. The second kappa shape index (κ2) is 39.8. The summed E-state index contributed by atoms with van der Waals surface area (Å²) >= 11 is 3.74. The summed E-state index contributed by atoms with van der Waals surface area (Å²) in [7, 11) is 0. The first kappa shape index (κ1) is 49.1. The van der Waals surface area contributed by atoms with E-state index in [0.717, 1.165) is 60.8 Å². The van der Waals surface area contributed by atoms with Crippen molar-refractivity contribution in [2.45, 2.75) is 252 Å². The van der Waals surface area contributed by atoms with Crippen LogP contribution in [0.5, 0.6) is 17.2 Å². The van der Waals surface area contributed by atoms with E-state index in [2.05, 4.69) is 48.8 Å². The lowest BCUT2D eigenvalue weighted by Gasteiger charge is -2.18. The van der Waals surface area contributed by atoms with Crippen molar-refractivity contribution in [1.29, 1.82) is 0 Å². The molecular weight excluding hydrogens is 704 g/mol. The SMILES string of the molecule is CCCCCCCCCCCCCCOc1cc(Br)cc(OCCCCCCCCCCCCCC)c1OCCCCCCCCCCCCCC. The molecule has 0 aromatic heterocycles. The Labute approximate surface area is 334 Å². The monoisotopic (exact) mass is 793 g/mol. The van der Waals surface area contributed by atoms with E-state index in [1.54, 1.807) is 0 Å². The molecule has 0 fully saturated rings. The maximum atomic E-state index is 6.47. The van der Waals surface area contributed by atoms with Gasteiger partial charge in [-0.05, 0) is 31.4 Å². The average Bonchev–Trinajstić information content (AvgIpc) is 3.14. The molecule has 0 spiro atoms. The molecule has 0 unspecified atom stereocenters. The minimum absolute atomic E-state index is 0.725. The van der Waals surface area contributed by atoms with Gasteiger partial charge in [-0.25, -0.2) is 0 Å². The topological polar surface area (TPSA) is 27.7 Å². The summed E-state index contributed by atoms with van der Waals surface area (Å²) in [5, 5.41) is 0. The largest absolute Gasteiger partial charge is 0.490 e. The number of halogens is 1. The molecule has 0 bridgehead atoms. The van der Waals surface area contributed by atoms with E-state index in [1.165, 1.54) is 212 Å². The number of unbranched alkanes of at least 4 members (excludes halogenated alkanes) is 33. The second-order valence-corrected chi connectivity index (χ2v) is 16.9. The Morgan fingerprint density at radius 3 is 0.769 bits per heavy atom. The normalized spacial score (nSPS) is 11.4. The fourth-order valence-corrected chi connectivity index (χ4v) is 7.68. The van der Waals surface area contributed by atoms with Crippen LogP contribution in [0.15, 0.2) is 16.6 Å². The summed E-state index contributed by atoms with van der Waals surface area (Å²) in [5.41, 5.74) is 0. The zero-order valence-corrected chi connectivity index (χ0v) is 36.9. The number of rotatable bonds is 42. The molecule has 52 heavy (non-hydrogen) atoms. The van der Waals surface area contributed by atoms with Crippen molar-refractivity contribution in [2.24, 2.45) is 0 Å². The molecule has 1 aromatic carbocycles. The van der Waals surface area contributed by atoms with Crippen LogP contribution in [0.4, 0.5) is 0 Å². The molecule has 1 aromatic rings. The highest BCUT2D eigenvalue weighted by Crippen LogP contribution is 2.41. The van der Waals surface area contributed by atoms with Crippen molar-refractivity contribution >= 4 is 15.9 Å². The van der Waals surface area contributed by atoms with E-state index in [9.17, 15) is 0 Å². The Morgan fingerprint density at radius 1 is 0.308 bits per heavy atom. The summed E-state index contributed by atoms with van der Waals surface area (Å²) in [4.78, 5) is 0. The molecule has 0 atom stereocenters. The van der Waals surface area contributed by atoms with E-state index in [0.29, 0.717) is 0 Å². The van der Waals surface area contributed by atoms with Crippen LogP contribution in [0.3, 0.4) is 0 Å². The van der Waals surface area contributed by atoms with Gasteiger partial charge in [-0.3, -0.25) is 0 Å². The maximum Gasteiger partial charge on any atom is 0.203 e. The number of ether oxygens (including phenoxy) is 3. The summed E-state index contributed by atoms with van der Waals surface area (Å²) in [6.45, 7) is 9.09. The van der Waals surface area contributed by atoms with E-state index in [-0.39, 0.29) is 0 Å². The van der Waals surface area contributed by atoms with Crippen LogP contribution in [0.1, 0.15) is 252 Å². The summed E-state index contributed by atoms with van der Waals surface area (Å²) < 4.78 is 20.3. The second-order valence-electron chi connectivity index (χ2n) is 15.9. The molecular formula is C48H89BrO3. The van der Waals surface area contributed by atoms with Gasteiger partial charge in [-0.2, -0.15) is 0 Å². The van der Waals surface area contributed by atoms with E-state index < -0.39 is 0 Å². The van der Waals surface area contributed by atoms with Gasteiger partial charge in [0.15, 0.2) is 11.5 Å². The minimum atomic E-state index is 0.725. The molecule has 0 saturated heterocycles. The lowest BCUT2D eigenvalue weighted by Crippen LogP contribution is -2.06. The van der Waals surface area contributed by atoms with Gasteiger partial charge >= 0.3 is 0 Å². The first-order valence-electron chi connectivity index (χ1n) is 23.4. The highest BCUT2D eigenvalue weighted by atomic mass is 79.9. The summed E-state index contributed by atoms with van der Waals surface area (Å²) in [6.07, 6.45) is 48.7. The van der Waals surface area contributed by atoms with Gasteiger partial charge < -0.3 is 14.2 Å². The fraction of sp³-hybridized carbons (Fsp3) is 0.875. The first-order chi connectivity index (χ1) is 25.7. The van der Waals surface area contributed by atoms with Crippen LogP contribution in [0.2, 0.25) is 0 Å². The van der Waals surface area contributed by atoms with Crippen LogP contribution in [-0.4, -0.2) is 19.8 Å². The van der Waals surface area contributed by atoms with Crippen LogP contribution >= 0.6 is 15.9 Å². The van der Waals surface area contributed by atoms with Crippen molar-refractivity contribution in [3.63, 3.8) is 0 Å². The third-order valence-electron chi connectivity index (χ3n) is 10.7. The molecule has 0 amide bonds. The van der Waals surface area contributed by atoms with Crippen molar-refractivity contribution in [2.75, 3.05) is 19.8 Å². The Bertz CT molecular complexity index is 807. The van der Waals surface area contributed by atoms with Gasteiger partial charge in [-0.15, -0.1) is 0 Å². The molecule has 0 N–H and O–H groups in total. The smallest absolute Gasteiger partial charge is 0.203 e. The Kier molecular flexibility index (Phi) is 37.6. The first-order valence-corrected chi connectivity index (χ1v) is 24.2. The predicted octanol–water partition coefficient (Wildman–Crippen LogP) is 17.7. The molecule has 0 radical (unpaired) electrons. The highest BCUT2D eigenvalue weighted by molar-refractivity contribution is 9.10. The van der Waals surface area contributed by atoms with Gasteiger partial charge in [0.1, 0.15) is 0 Å². The molecule has 1 rings (SSSR count). The number of hydrogen-bond donors (Lipinski definition) is 0. The van der Waals surface area contributed by atoms with Crippen molar-refractivity contribution in [1.82, 2.24) is 0 Å². The molecule has 0 aliphatic rings. The van der Waals surface area contributed by atoms with E-state index >= 15 is 0 Å². The Balaban J connectivity index is 2.42. The predicted molar refractivity (Wildman–Crippen MR) is 234 cm³/mol.